The van der Waals surface area contributed by atoms with E-state index in [1.54, 1.807) is 24.3 Å². The second-order valence-corrected chi connectivity index (χ2v) is 11.0. The fourth-order valence-corrected chi connectivity index (χ4v) is 5.68. The molecule has 0 saturated heterocycles. The summed E-state index contributed by atoms with van der Waals surface area (Å²) in [4.78, 5) is 35.6. The summed E-state index contributed by atoms with van der Waals surface area (Å²) in [6, 6.07) is 18.6. The number of carbonyl (C=O) groups is 1. The van der Waals surface area contributed by atoms with Gasteiger partial charge in [-0.3, -0.25) is 9.59 Å². The number of aliphatic hydroxyl groups excluding tert-OH is 1. The molecule has 1 aromatic heterocycles. The molecule has 2 aliphatic rings. The zero-order valence-corrected chi connectivity index (χ0v) is 22.5. The highest BCUT2D eigenvalue weighted by molar-refractivity contribution is 6.30. The molecule has 3 aromatic carbocycles. The molecule has 0 spiro atoms. The first kappa shape index (κ1) is 27.2. The van der Waals surface area contributed by atoms with Crippen molar-refractivity contribution in [3.63, 3.8) is 0 Å². The third-order valence-electron chi connectivity index (χ3n) is 7.92. The molecule has 4 aromatic rings. The summed E-state index contributed by atoms with van der Waals surface area (Å²) in [6.07, 6.45) is -4.02. The second-order valence-electron chi connectivity index (χ2n) is 10.5. The molecule has 1 saturated carbocycles. The first-order chi connectivity index (χ1) is 19.5. The molecular weight excluding hydrogens is 555 g/mol. The summed E-state index contributed by atoms with van der Waals surface area (Å²) in [5, 5.41) is 11.6. The van der Waals surface area contributed by atoms with Gasteiger partial charge in [0, 0.05) is 18.0 Å². The number of hydrogen-bond donors (Lipinski definition) is 2. The minimum absolute atomic E-state index is 0.00861. The van der Waals surface area contributed by atoms with Crippen molar-refractivity contribution in [3.8, 4) is 11.1 Å². The Balaban J connectivity index is 1.22. The second kappa shape index (κ2) is 10.2. The van der Waals surface area contributed by atoms with E-state index in [-0.39, 0.29) is 29.6 Å². The highest BCUT2D eigenvalue weighted by Crippen LogP contribution is 2.52. The van der Waals surface area contributed by atoms with Gasteiger partial charge in [-0.25, -0.2) is 4.98 Å². The van der Waals surface area contributed by atoms with E-state index >= 15 is 0 Å². The molecule has 0 bridgehead atoms. The highest BCUT2D eigenvalue weighted by atomic mass is 35.5. The number of nitrogens with one attached hydrogen (secondary N) is 1. The van der Waals surface area contributed by atoms with E-state index in [1.807, 2.05) is 18.2 Å². The molecule has 1 atom stereocenters. The fourth-order valence-electron chi connectivity index (χ4n) is 5.49. The van der Waals surface area contributed by atoms with E-state index in [1.165, 1.54) is 23.1 Å². The molecule has 41 heavy (non-hydrogen) atoms. The maximum atomic E-state index is 13.3. The van der Waals surface area contributed by atoms with Crippen LogP contribution in [0.5, 0.6) is 0 Å². The predicted octanol–water partition coefficient (Wildman–Crippen LogP) is 5.81. The molecule has 10 heteroatoms. The van der Waals surface area contributed by atoms with Crippen molar-refractivity contribution < 1.29 is 23.1 Å². The number of benzene rings is 3. The summed E-state index contributed by atoms with van der Waals surface area (Å²) in [6.45, 7) is 0.252. The summed E-state index contributed by atoms with van der Waals surface area (Å²) in [5.41, 5.74) is 1.50. The third kappa shape index (κ3) is 5.15. The van der Waals surface area contributed by atoms with Gasteiger partial charge in [-0.15, -0.1) is 0 Å². The van der Waals surface area contributed by atoms with Gasteiger partial charge in [-0.1, -0.05) is 54.1 Å². The van der Waals surface area contributed by atoms with Gasteiger partial charge in [0.15, 0.2) is 6.10 Å². The summed E-state index contributed by atoms with van der Waals surface area (Å²) in [7, 11) is 0. The van der Waals surface area contributed by atoms with Gasteiger partial charge < -0.3 is 15.0 Å². The zero-order chi connectivity index (χ0) is 28.9. The number of aliphatic hydroxyl groups is 1. The number of hydrogen-bond acceptors (Lipinski definition) is 4. The Labute approximate surface area is 238 Å². The predicted molar refractivity (Wildman–Crippen MR) is 147 cm³/mol. The number of aromatic amines is 1. The quantitative estimate of drug-likeness (QED) is 0.313. The van der Waals surface area contributed by atoms with Crippen molar-refractivity contribution >= 4 is 17.5 Å². The van der Waals surface area contributed by atoms with Crippen LogP contribution in [-0.4, -0.2) is 32.4 Å². The molecule has 6 rings (SSSR count). The van der Waals surface area contributed by atoms with Crippen molar-refractivity contribution in [2.45, 2.75) is 43.5 Å². The van der Waals surface area contributed by atoms with Gasteiger partial charge in [0.25, 0.3) is 11.5 Å². The monoisotopic (exact) mass is 579 g/mol. The van der Waals surface area contributed by atoms with E-state index in [9.17, 15) is 27.9 Å². The van der Waals surface area contributed by atoms with Crippen LogP contribution in [0.3, 0.4) is 0 Å². The maximum Gasteiger partial charge on any atom is 0.416 e. The number of amides is 1. The van der Waals surface area contributed by atoms with E-state index < -0.39 is 23.8 Å². The van der Waals surface area contributed by atoms with Gasteiger partial charge in [0.2, 0.25) is 0 Å². The van der Waals surface area contributed by atoms with Crippen LogP contribution in [-0.2, 0) is 29.4 Å². The van der Waals surface area contributed by atoms with Crippen LogP contribution >= 0.6 is 11.6 Å². The van der Waals surface area contributed by atoms with E-state index in [0.717, 1.165) is 30.5 Å². The summed E-state index contributed by atoms with van der Waals surface area (Å²) in [5.74, 6) is -0.00681. The van der Waals surface area contributed by atoms with E-state index in [2.05, 4.69) is 4.98 Å². The largest absolute Gasteiger partial charge is 0.416 e. The van der Waals surface area contributed by atoms with Crippen molar-refractivity contribution in [2.24, 2.45) is 0 Å². The lowest BCUT2D eigenvalue weighted by Crippen LogP contribution is -2.42. The first-order valence-electron chi connectivity index (χ1n) is 13.2. The van der Waals surface area contributed by atoms with Crippen molar-refractivity contribution in [1.29, 1.82) is 0 Å². The van der Waals surface area contributed by atoms with Crippen LogP contribution in [0, 0.1) is 0 Å². The number of fused-ring (bicyclic) bond motifs is 1. The molecular formula is C31H25ClF3N3O3. The van der Waals surface area contributed by atoms with Crippen LogP contribution < -0.4 is 5.56 Å². The minimum Gasteiger partial charge on any atom is -0.378 e. The van der Waals surface area contributed by atoms with Crippen molar-refractivity contribution in [1.82, 2.24) is 14.9 Å². The van der Waals surface area contributed by atoms with E-state index in [0.29, 0.717) is 39.7 Å². The Morgan fingerprint density at radius 3 is 2.44 bits per heavy atom. The standard InChI is InChI=1S/C31H25ClF3N3O3/c32-23-9-3-7-21(16-23)30(11-12-30)29-36-25-10-13-38(17-24(25)27(40)37-29)28(41)26(39)20-6-1-4-18(14-20)19-5-2-8-22(15-19)31(33,34)35/h1-9,14-16,26,39H,10-13,17H2,(H,36,37,40). The van der Waals surface area contributed by atoms with Gasteiger partial charge in [-0.2, -0.15) is 13.2 Å². The van der Waals surface area contributed by atoms with E-state index in [4.69, 9.17) is 16.6 Å². The van der Waals surface area contributed by atoms with Crippen LogP contribution in [0.4, 0.5) is 13.2 Å². The lowest BCUT2D eigenvalue weighted by atomic mass is 9.94. The number of H-pyrrole nitrogens is 1. The van der Waals surface area contributed by atoms with Crippen LogP contribution in [0.2, 0.25) is 5.02 Å². The SMILES string of the molecule is O=C(C(O)c1cccc(-c2cccc(C(F)(F)F)c2)c1)N1CCc2nc(C3(c4cccc(Cl)c4)CC3)[nH]c(=O)c2C1. The first-order valence-corrected chi connectivity index (χ1v) is 13.6. The van der Waals surface area contributed by atoms with Crippen LogP contribution in [0.25, 0.3) is 11.1 Å². The number of rotatable bonds is 5. The normalized spacial score (nSPS) is 16.7. The Morgan fingerprint density at radius 1 is 1.02 bits per heavy atom. The summed E-state index contributed by atoms with van der Waals surface area (Å²) >= 11 is 6.20. The number of carbonyl (C=O) groups excluding carboxylic acids is 1. The zero-order valence-electron chi connectivity index (χ0n) is 21.7. The number of halogens is 4. The van der Waals surface area contributed by atoms with Crippen LogP contribution in [0.1, 0.15) is 52.7 Å². The molecule has 1 unspecified atom stereocenters. The smallest absolute Gasteiger partial charge is 0.378 e. The Morgan fingerprint density at radius 2 is 1.73 bits per heavy atom. The van der Waals surface area contributed by atoms with Gasteiger partial charge >= 0.3 is 6.18 Å². The maximum absolute atomic E-state index is 13.3. The van der Waals surface area contributed by atoms with Crippen molar-refractivity contribution in [3.05, 3.63) is 122 Å². The number of aromatic nitrogens is 2. The van der Waals surface area contributed by atoms with Crippen LogP contribution in [0.15, 0.2) is 77.6 Å². The molecule has 210 valence electrons. The average molecular weight is 580 g/mol. The molecule has 1 aliphatic heterocycles. The van der Waals surface area contributed by atoms with Gasteiger partial charge in [0.1, 0.15) is 5.82 Å². The molecule has 1 fully saturated rings. The topological polar surface area (TPSA) is 86.3 Å². The molecule has 2 heterocycles. The summed E-state index contributed by atoms with van der Waals surface area (Å²) < 4.78 is 39.6. The average Bonchev–Trinajstić information content (AvgIpc) is 3.78. The Bertz CT molecular complexity index is 1710. The Hall–Kier alpha value is -3.95. The van der Waals surface area contributed by atoms with Gasteiger partial charge in [0.05, 0.1) is 28.8 Å². The number of alkyl halides is 3. The van der Waals surface area contributed by atoms with Crippen molar-refractivity contribution in [2.75, 3.05) is 6.54 Å². The van der Waals surface area contributed by atoms with Gasteiger partial charge in [-0.05, 0) is 65.4 Å². The number of nitrogens with zero attached hydrogens (tertiary/aromatic N) is 2. The fraction of sp³-hybridized carbons (Fsp3) is 0.258. The third-order valence-corrected chi connectivity index (χ3v) is 8.16. The Kier molecular flexibility index (Phi) is 6.74. The molecule has 1 amide bonds. The highest BCUT2D eigenvalue weighted by Gasteiger charge is 2.49. The molecule has 6 nitrogen and oxygen atoms in total. The lowest BCUT2D eigenvalue weighted by Gasteiger charge is -2.30. The molecule has 1 aliphatic carbocycles. The molecule has 2 N–H and O–H groups in total. The minimum atomic E-state index is -4.49. The molecule has 0 radical (unpaired) electrons. The lowest BCUT2D eigenvalue weighted by molar-refractivity contribution is -0.141.